The van der Waals surface area contributed by atoms with Crippen molar-refractivity contribution in [2.24, 2.45) is 0 Å². The molecule has 0 bridgehead atoms. The molecule has 0 aromatic heterocycles. The smallest absolute Gasteiger partial charge is 0.744 e. The van der Waals surface area contributed by atoms with E-state index in [1.54, 1.807) is 12.1 Å². The van der Waals surface area contributed by atoms with Gasteiger partial charge in [-0.25, -0.2) is 8.42 Å². The predicted octanol–water partition coefficient (Wildman–Crippen LogP) is -0.649. The van der Waals surface area contributed by atoms with Crippen LogP contribution in [0.1, 0.15) is 18.9 Å². The molecular formula is C10H12INaO3S. The standard InChI is InChI=1S/C10H13IO3S.Na/c1-2-9(11)7-8-3-5-10(6-4-8)15(12,13)14;/h3-6,9H,2,7H2,1H3,(H,12,13,14);/q;+1/p-1. The van der Waals surface area contributed by atoms with E-state index in [4.69, 9.17) is 0 Å². The molecule has 0 spiro atoms. The first-order chi connectivity index (χ1) is 6.93. The maximum atomic E-state index is 10.7. The first kappa shape index (κ1) is 16.9. The summed E-state index contributed by atoms with van der Waals surface area (Å²) in [7, 11) is -4.31. The molecule has 0 aliphatic carbocycles. The number of hydrogen-bond acceptors (Lipinski definition) is 3. The van der Waals surface area contributed by atoms with E-state index in [-0.39, 0.29) is 34.5 Å². The first-order valence-electron chi connectivity index (χ1n) is 4.62. The minimum Gasteiger partial charge on any atom is -0.744 e. The number of alkyl halides is 1. The van der Waals surface area contributed by atoms with E-state index in [9.17, 15) is 13.0 Å². The van der Waals surface area contributed by atoms with Crippen molar-refractivity contribution >= 4 is 32.7 Å². The molecule has 0 saturated heterocycles. The SMILES string of the molecule is CCC(I)Cc1ccc(S(=O)(=O)[O-])cc1.[Na+]. The van der Waals surface area contributed by atoms with Crippen molar-refractivity contribution in [1.29, 1.82) is 0 Å². The summed E-state index contributed by atoms with van der Waals surface area (Å²) in [5, 5.41) is 0. The zero-order valence-electron chi connectivity index (χ0n) is 9.31. The van der Waals surface area contributed by atoms with Gasteiger partial charge >= 0.3 is 29.6 Å². The molecular weight excluding hydrogens is 350 g/mol. The van der Waals surface area contributed by atoms with Gasteiger partial charge in [-0.2, -0.15) is 0 Å². The summed E-state index contributed by atoms with van der Waals surface area (Å²) in [4.78, 5) is -0.159. The maximum absolute atomic E-state index is 10.7. The summed E-state index contributed by atoms with van der Waals surface area (Å²) in [5.74, 6) is 0. The molecule has 0 amide bonds. The largest absolute Gasteiger partial charge is 1.00 e. The Morgan fingerprint density at radius 2 is 1.81 bits per heavy atom. The van der Waals surface area contributed by atoms with Gasteiger partial charge in [-0.3, -0.25) is 0 Å². The third kappa shape index (κ3) is 5.46. The number of benzene rings is 1. The fraction of sp³-hybridized carbons (Fsp3) is 0.400. The fourth-order valence-corrected chi connectivity index (χ4v) is 2.17. The second-order valence-electron chi connectivity index (χ2n) is 3.31. The van der Waals surface area contributed by atoms with Crippen molar-refractivity contribution in [3.8, 4) is 0 Å². The van der Waals surface area contributed by atoms with Crippen LogP contribution in [-0.2, 0) is 16.5 Å². The zero-order valence-corrected chi connectivity index (χ0v) is 14.3. The third-order valence-electron chi connectivity index (χ3n) is 2.11. The van der Waals surface area contributed by atoms with E-state index in [0.29, 0.717) is 3.92 Å². The molecule has 16 heavy (non-hydrogen) atoms. The Bertz CT molecular complexity index is 416. The fourth-order valence-electron chi connectivity index (χ4n) is 1.19. The maximum Gasteiger partial charge on any atom is 1.00 e. The minimum atomic E-state index is -4.31. The summed E-state index contributed by atoms with van der Waals surface area (Å²) in [6, 6.07) is 6.14. The van der Waals surface area contributed by atoms with Crippen molar-refractivity contribution in [3.05, 3.63) is 29.8 Å². The Morgan fingerprint density at radius 1 is 1.31 bits per heavy atom. The van der Waals surface area contributed by atoms with Crippen LogP contribution >= 0.6 is 22.6 Å². The number of halogens is 1. The molecule has 0 heterocycles. The molecule has 1 unspecified atom stereocenters. The van der Waals surface area contributed by atoms with Crippen LogP contribution in [-0.4, -0.2) is 16.9 Å². The molecule has 1 aromatic carbocycles. The van der Waals surface area contributed by atoms with E-state index >= 15 is 0 Å². The van der Waals surface area contributed by atoms with Gasteiger partial charge in [0.15, 0.2) is 0 Å². The van der Waals surface area contributed by atoms with E-state index in [2.05, 4.69) is 29.5 Å². The van der Waals surface area contributed by atoms with E-state index in [1.807, 2.05) is 0 Å². The van der Waals surface area contributed by atoms with Gasteiger partial charge in [-0.05, 0) is 30.5 Å². The summed E-state index contributed by atoms with van der Waals surface area (Å²) in [6.45, 7) is 2.10. The van der Waals surface area contributed by atoms with Gasteiger partial charge < -0.3 is 4.55 Å². The number of hydrogen-bond donors (Lipinski definition) is 0. The average molecular weight is 362 g/mol. The van der Waals surface area contributed by atoms with Crippen LogP contribution < -0.4 is 29.6 Å². The first-order valence-corrected chi connectivity index (χ1v) is 7.27. The molecule has 0 aliphatic rings. The van der Waals surface area contributed by atoms with Crippen molar-refractivity contribution < 1.29 is 42.5 Å². The van der Waals surface area contributed by atoms with Crippen LogP contribution in [0.15, 0.2) is 29.2 Å². The van der Waals surface area contributed by atoms with E-state index in [1.165, 1.54) is 12.1 Å². The molecule has 1 rings (SSSR count). The molecule has 0 aliphatic heterocycles. The van der Waals surface area contributed by atoms with Gasteiger partial charge in [0.05, 0.1) is 4.90 Å². The summed E-state index contributed by atoms with van der Waals surface area (Å²) in [5.41, 5.74) is 1.06. The van der Waals surface area contributed by atoms with Gasteiger partial charge in [-0.1, -0.05) is 41.6 Å². The Balaban J connectivity index is 0.00000225. The third-order valence-corrected chi connectivity index (χ3v) is 4.28. The summed E-state index contributed by atoms with van der Waals surface area (Å²) in [6.07, 6.45) is 1.97. The topological polar surface area (TPSA) is 57.2 Å². The van der Waals surface area contributed by atoms with Crippen LogP contribution in [0, 0.1) is 0 Å². The van der Waals surface area contributed by atoms with Crippen LogP contribution in [0.2, 0.25) is 0 Å². The Hall–Kier alpha value is 0.860. The molecule has 3 nitrogen and oxygen atoms in total. The normalized spacial score (nSPS) is 12.9. The molecule has 0 fully saturated rings. The molecule has 0 radical (unpaired) electrons. The molecule has 0 N–H and O–H groups in total. The number of rotatable bonds is 4. The quantitative estimate of drug-likeness (QED) is 0.310. The monoisotopic (exact) mass is 362 g/mol. The molecule has 1 atom stereocenters. The van der Waals surface area contributed by atoms with Gasteiger partial charge in [0.25, 0.3) is 0 Å². The van der Waals surface area contributed by atoms with Gasteiger partial charge in [-0.15, -0.1) is 0 Å². The van der Waals surface area contributed by atoms with Crippen LogP contribution in [0.25, 0.3) is 0 Å². The van der Waals surface area contributed by atoms with Crippen LogP contribution in [0.5, 0.6) is 0 Å². The Morgan fingerprint density at radius 3 is 2.19 bits per heavy atom. The van der Waals surface area contributed by atoms with Crippen molar-refractivity contribution in [2.45, 2.75) is 28.6 Å². The average Bonchev–Trinajstić information content (AvgIpc) is 2.17. The Kier molecular flexibility index (Phi) is 7.72. The van der Waals surface area contributed by atoms with Crippen LogP contribution in [0.4, 0.5) is 0 Å². The molecule has 1 aromatic rings. The molecule has 6 heteroatoms. The van der Waals surface area contributed by atoms with Gasteiger partial charge in [0.2, 0.25) is 0 Å². The summed E-state index contributed by atoms with van der Waals surface area (Å²) < 4.78 is 32.5. The van der Waals surface area contributed by atoms with E-state index < -0.39 is 10.1 Å². The van der Waals surface area contributed by atoms with Crippen molar-refractivity contribution in [2.75, 3.05) is 0 Å². The van der Waals surface area contributed by atoms with E-state index in [0.717, 1.165) is 18.4 Å². The second kappa shape index (κ2) is 7.33. The van der Waals surface area contributed by atoms with Gasteiger partial charge in [0, 0.05) is 3.92 Å². The van der Waals surface area contributed by atoms with Crippen LogP contribution in [0.3, 0.4) is 0 Å². The predicted molar refractivity (Wildman–Crippen MR) is 66.2 cm³/mol. The molecule has 84 valence electrons. The van der Waals surface area contributed by atoms with Crippen molar-refractivity contribution in [1.82, 2.24) is 0 Å². The Labute approximate surface area is 132 Å². The van der Waals surface area contributed by atoms with Crippen molar-refractivity contribution in [3.63, 3.8) is 0 Å². The second-order valence-corrected chi connectivity index (χ2v) is 6.45. The van der Waals surface area contributed by atoms with Gasteiger partial charge in [0.1, 0.15) is 10.1 Å². The summed E-state index contributed by atoms with van der Waals surface area (Å²) >= 11 is 2.35. The minimum absolute atomic E-state index is 0. The molecule has 0 saturated carbocycles. The zero-order chi connectivity index (χ0) is 11.5.